The molecule has 0 radical (unpaired) electrons. The molecule has 0 saturated heterocycles. The zero-order chi connectivity index (χ0) is 16.9. The van der Waals surface area contributed by atoms with Crippen LogP contribution in [0.3, 0.4) is 0 Å². The number of ether oxygens (including phenoxy) is 1. The number of halogens is 4. The summed E-state index contributed by atoms with van der Waals surface area (Å²) in [6.45, 7) is 0.0230. The Morgan fingerprint density at radius 2 is 1.83 bits per heavy atom. The van der Waals surface area contributed by atoms with E-state index in [1.54, 1.807) is 0 Å². The van der Waals surface area contributed by atoms with Gasteiger partial charge >= 0.3 is 6.18 Å². The van der Waals surface area contributed by atoms with Crippen molar-refractivity contribution in [3.05, 3.63) is 63.2 Å². The largest absolute Gasteiger partial charge is 0.416 e. The van der Waals surface area contributed by atoms with Gasteiger partial charge in [-0.05, 0) is 46.4 Å². The zero-order valence-corrected chi connectivity index (χ0v) is 14.0. The number of carbonyl (C=O) groups is 1. The molecular weight excluding hydrogens is 422 g/mol. The standard InChI is InChI=1S/C16H13F3INO2/c17-16(18,19)12-6-7-13(20)14(8-12)21-15(22)10-23-9-11-4-2-1-3-5-11/h1-8H,9-10H2,(H,21,22). The third-order valence-corrected chi connectivity index (χ3v) is 3.85. The smallest absolute Gasteiger partial charge is 0.367 e. The van der Waals surface area contributed by atoms with Crippen molar-refractivity contribution < 1.29 is 22.7 Å². The number of hydrogen-bond donors (Lipinski definition) is 1. The van der Waals surface area contributed by atoms with Crippen LogP contribution in [0.25, 0.3) is 0 Å². The molecule has 7 heteroatoms. The van der Waals surface area contributed by atoms with Crippen LogP contribution in [0.15, 0.2) is 48.5 Å². The van der Waals surface area contributed by atoms with E-state index in [0.717, 1.165) is 17.7 Å². The first-order valence-corrected chi connectivity index (χ1v) is 7.72. The molecule has 1 amide bonds. The maximum absolute atomic E-state index is 12.7. The average Bonchev–Trinajstić information content (AvgIpc) is 2.49. The van der Waals surface area contributed by atoms with Crippen molar-refractivity contribution in [3.8, 4) is 0 Å². The molecule has 2 rings (SSSR count). The second kappa shape index (κ2) is 7.78. The number of anilines is 1. The molecule has 0 unspecified atom stereocenters. The zero-order valence-electron chi connectivity index (χ0n) is 11.9. The Morgan fingerprint density at radius 3 is 2.48 bits per heavy atom. The molecule has 3 nitrogen and oxygen atoms in total. The lowest BCUT2D eigenvalue weighted by Gasteiger charge is -2.12. The fraction of sp³-hybridized carbons (Fsp3) is 0.188. The minimum absolute atomic E-state index is 0.119. The van der Waals surface area contributed by atoms with E-state index in [1.165, 1.54) is 6.07 Å². The van der Waals surface area contributed by atoms with Gasteiger partial charge in [-0.2, -0.15) is 13.2 Å². The lowest BCUT2D eigenvalue weighted by molar-refractivity contribution is -0.137. The number of nitrogens with one attached hydrogen (secondary N) is 1. The second-order valence-electron chi connectivity index (χ2n) is 4.72. The Balaban J connectivity index is 1.92. The monoisotopic (exact) mass is 435 g/mol. The summed E-state index contributed by atoms with van der Waals surface area (Å²) in [4.78, 5) is 11.8. The van der Waals surface area contributed by atoms with Crippen LogP contribution in [0, 0.1) is 3.57 Å². The molecule has 23 heavy (non-hydrogen) atoms. The van der Waals surface area contributed by atoms with Crippen LogP contribution in [0.4, 0.5) is 18.9 Å². The molecule has 0 fully saturated rings. The second-order valence-corrected chi connectivity index (χ2v) is 5.88. The van der Waals surface area contributed by atoms with E-state index in [2.05, 4.69) is 5.32 Å². The number of amides is 1. The number of alkyl halides is 3. The Labute approximate surface area is 145 Å². The molecule has 0 saturated carbocycles. The Bertz CT molecular complexity index is 675. The minimum Gasteiger partial charge on any atom is -0.367 e. The molecule has 122 valence electrons. The van der Waals surface area contributed by atoms with E-state index in [4.69, 9.17) is 4.74 Å². The van der Waals surface area contributed by atoms with Crippen LogP contribution < -0.4 is 5.32 Å². The lowest BCUT2D eigenvalue weighted by atomic mass is 10.2. The summed E-state index contributed by atoms with van der Waals surface area (Å²) in [5.41, 5.74) is 0.223. The van der Waals surface area contributed by atoms with Gasteiger partial charge < -0.3 is 10.1 Å². The molecule has 0 aliphatic heterocycles. The third kappa shape index (κ3) is 5.51. The SMILES string of the molecule is O=C(COCc1ccccc1)Nc1cc(C(F)(F)F)ccc1I. The fourth-order valence-corrected chi connectivity index (χ4v) is 2.29. The van der Waals surface area contributed by atoms with E-state index in [1.807, 2.05) is 52.9 Å². The number of hydrogen-bond acceptors (Lipinski definition) is 2. The van der Waals surface area contributed by atoms with E-state index < -0.39 is 17.6 Å². The fourth-order valence-electron chi connectivity index (χ4n) is 1.82. The van der Waals surface area contributed by atoms with Crippen molar-refractivity contribution in [1.82, 2.24) is 0 Å². The highest BCUT2D eigenvalue weighted by Crippen LogP contribution is 2.32. The van der Waals surface area contributed by atoms with Crippen LogP contribution in [0.5, 0.6) is 0 Å². The van der Waals surface area contributed by atoms with Crippen molar-refractivity contribution in [2.24, 2.45) is 0 Å². The van der Waals surface area contributed by atoms with Crippen molar-refractivity contribution in [2.75, 3.05) is 11.9 Å². The van der Waals surface area contributed by atoms with E-state index in [9.17, 15) is 18.0 Å². The van der Waals surface area contributed by atoms with Gasteiger partial charge in [-0.1, -0.05) is 30.3 Å². The average molecular weight is 435 g/mol. The summed E-state index contributed by atoms with van der Waals surface area (Å²) < 4.78 is 43.8. The first kappa shape index (κ1) is 17.7. The van der Waals surface area contributed by atoms with Gasteiger partial charge in [0.1, 0.15) is 6.61 Å². The molecule has 0 aliphatic rings. The van der Waals surface area contributed by atoms with E-state index >= 15 is 0 Å². The first-order valence-electron chi connectivity index (χ1n) is 6.64. The summed E-state index contributed by atoms with van der Waals surface area (Å²) in [5, 5.41) is 2.44. The Hall–Kier alpha value is -1.61. The quantitative estimate of drug-likeness (QED) is 0.705. The molecule has 0 spiro atoms. The highest BCUT2D eigenvalue weighted by molar-refractivity contribution is 14.1. The molecule has 0 aromatic heterocycles. The normalized spacial score (nSPS) is 11.3. The Morgan fingerprint density at radius 1 is 1.13 bits per heavy atom. The predicted octanol–water partition coefficient (Wildman–Crippen LogP) is 4.47. The van der Waals surface area contributed by atoms with Crippen LogP contribution in [-0.4, -0.2) is 12.5 Å². The van der Waals surface area contributed by atoms with Crippen LogP contribution >= 0.6 is 22.6 Å². The van der Waals surface area contributed by atoms with Crippen LogP contribution in [0.1, 0.15) is 11.1 Å². The molecule has 0 aliphatic carbocycles. The van der Waals surface area contributed by atoms with Gasteiger partial charge in [-0.15, -0.1) is 0 Å². The molecule has 0 atom stereocenters. The van der Waals surface area contributed by atoms with Gasteiger partial charge in [0.15, 0.2) is 0 Å². The predicted molar refractivity (Wildman–Crippen MR) is 88.9 cm³/mol. The minimum atomic E-state index is -4.45. The number of benzene rings is 2. The maximum atomic E-state index is 12.7. The summed E-state index contributed by atoms with van der Waals surface area (Å²) >= 11 is 1.86. The van der Waals surface area contributed by atoms with E-state index in [0.29, 0.717) is 3.57 Å². The van der Waals surface area contributed by atoms with Gasteiger partial charge in [-0.25, -0.2) is 0 Å². The molecule has 1 N–H and O–H groups in total. The summed E-state index contributed by atoms with van der Waals surface area (Å²) in [6, 6.07) is 12.5. The van der Waals surface area contributed by atoms with Crippen molar-refractivity contribution in [2.45, 2.75) is 12.8 Å². The first-order chi connectivity index (χ1) is 10.9. The molecular formula is C16H13F3INO2. The topological polar surface area (TPSA) is 38.3 Å². The third-order valence-electron chi connectivity index (χ3n) is 2.91. The van der Waals surface area contributed by atoms with Gasteiger partial charge in [0, 0.05) is 3.57 Å². The lowest BCUT2D eigenvalue weighted by Crippen LogP contribution is -2.19. The van der Waals surface area contributed by atoms with Crippen molar-refractivity contribution in [3.63, 3.8) is 0 Å². The summed E-state index contributed by atoms with van der Waals surface area (Å²) in [7, 11) is 0. The van der Waals surface area contributed by atoms with Crippen molar-refractivity contribution in [1.29, 1.82) is 0 Å². The molecule has 0 heterocycles. The summed E-state index contributed by atoms with van der Waals surface area (Å²) in [6.07, 6.45) is -4.45. The van der Waals surface area contributed by atoms with Crippen LogP contribution in [-0.2, 0) is 22.3 Å². The van der Waals surface area contributed by atoms with Gasteiger partial charge in [-0.3, -0.25) is 4.79 Å². The van der Waals surface area contributed by atoms with E-state index in [-0.39, 0.29) is 18.9 Å². The van der Waals surface area contributed by atoms with Crippen molar-refractivity contribution >= 4 is 34.2 Å². The molecule has 2 aromatic rings. The van der Waals surface area contributed by atoms with Gasteiger partial charge in [0.05, 0.1) is 17.9 Å². The van der Waals surface area contributed by atoms with Crippen LogP contribution in [0.2, 0.25) is 0 Å². The molecule has 0 bridgehead atoms. The highest BCUT2D eigenvalue weighted by Gasteiger charge is 2.31. The van der Waals surface area contributed by atoms with Gasteiger partial charge in [0.2, 0.25) is 5.91 Å². The Kier molecular flexibility index (Phi) is 6.00. The number of rotatable bonds is 5. The summed E-state index contributed by atoms with van der Waals surface area (Å²) in [5.74, 6) is -0.502. The van der Waals surface area contributed by atoms with Gasteiger partial charge in [0.25, 0.3) is 0 Å². The molecule has 2 aromatic carbocycles. The number of carbonyl (C=O) groups excluding carboxylic acids is 1. The highest BCUT2D eigenvalue weighted by atomic mass is 127. The maximum Gasteiger partial charge on any atom is 0.416 e.